The summed E-state index contributed by atoms with van der Waals surface area (Å²) >= 11 is 0. The van der Waals surface area contributed by atoms with Crippen molar-refractivity contribution in [3.63, 3.8) is 0 Å². The van der Waals surface area contributed by atoms with E-state index >= 15 is 0 Å². The molecule has 1 heterocycles. The molecular weight excluding hydrogens is 244 g/mol. The zero-order chi connectivity index (χ0) is 14.1. The second-order valence-corrected chi connectivity index (χ2v) is 5.73. The van der Waals surface area contributed by atoms with Gasteiger partial charge in [0.15, 0.2) is 0 Å². The molecule has 0 fully saturated rings. The van der Waals surface area contributed by atoms with Crippen molar-refractivity contribution in [2.24, 2.45) is 5.73 Å². The summed E-state index contributed by atoms with van der Waals surface area (Å²) in [5, 5.41) is 0. The molecule has 0 aromatic heterocycles. The van der Waals surface area contributed by atoms with Crippen molar-refractivity contribution in [1.29, 1.82) is 0 Å². The van der Waals surface area contributed by atoms with Crippen LogP contribution in [0.1, 0.15) is 36.1 Å². The van der Waals surface area contributed by atoms with Gasteiger partial charge < -0.3 is 10.6 Å². The first-order valence-electron chi connectivity index (χ1n) is 7.38. The average molecular weight is 266 g/mol. The van der Waals surface area contributed by atoms with Crippen molar-refractivity contribution in [3.05, 3.63) is 59.2 Å². The predicted octanol–water partition coefficient (Wildman–Crippen LogP) is 4.10. The molecule has 1 atom stereocenters. The number of rotatable bonds is 2. The number of nitrogens with zero attached hydrogens (tertiary/aromatic N) is 1. The Bertz CT molecular complexity index is 617. The average Bonchev–Trinajstić information content (AvgIpc) is 2.46. The molecule has 0 spiro atoms. The predicted molar refractivity (Wildman–Crippen MR) is 85.6 cm³/mol. The first-order valence-corrected chi connectivity index (χ1v) is 7.38. The molecule has 2 N–H and O–H groups in total. The second-order valence-electron chi connectivity index (χ2n) is 5.73. The van der Waals surface area contributed by atoms with E-state index in [1.54, 1.807) is 0 Å². The number of fused-ring (bicyclic) bond motifs is 1. The van der Waals surface area contributed by atoms with Gasteiger partial charge in [-0.25, -0.2) is 0 Å². The van der Waals surface area contributed by atoms with Crippen LogP contribution < -0.4 is 10.6 Å². The van der Waals surface area contributed by atoms with E-state index in [0.717, 1.165) is 6.54 Å². The molecule has 104 valence electrons. The summed E-state index contributed by atoms with van der Waals surface area (Å²) in [7, 11) is 0. The van der Waals surface area contributed by atoms with Crippen molar-refractivity contribution in [1.82, 2.24) is 0 Å². The third-order valence-electron chi connectivity index (χ3n) is 4.07. The number of nitrogens with two attached hydrogens (primary N) is 1. The number of hydrogen-bond donors (Lipinski definition) is 1. The lowest BCUT2D eigenvalue weighted by molar-refractivity contribution is 0.751. The molecule has 1 aliphatic heterocycles. The molecule has 0 unspecified atom stereocenters. The highest BCUT2D eigenvalue weighted by atomic mass is 15.1. The summed E-state index contributed by atoms with van der Waals surface area (Å²) in [4.78, 5) is 2.43. The molecule has 0 saturated heterocycles. The summed E-state index contributed by atoms with van der Waals surface area (Å²) < 4.78 is 0. The summed E-state index contributed by atoms with van der Waals surface area (Å²) in [5.41, 5.74) is 12.8. The van der Waals surface area contributed by atoms with E-state index in [9.17, 15) is 0 Å². The number of para-hydroxylation sites is 1. The van der Waals surface area contributed by atoms with Gasteiger partial charge in [0.1, 0.15) is 0 Å². The van der Waals surface area contributed by atoms with Crippen molar-refractivity contribution in [2.45, 2.75) is 32.7 Å². The summed E-state index contributed by atoms with van der Waals surface area (Å²) in [6, 6.07) is 15.3. The minimum absolute atomic E-state index is 0.0574. The van der Waals surface area contributed by atoms with Gasteiger partial charge in [0.2, 0.25) is 0 Å². The quantitative estimate of drug-likeness (QED) is 0.886. The highest BCUT2D eigenvalue weighted by Crippen LogP contribution is 2.36. The summed E-state index contributed by atoms with van der Waals surface area (Å²) in [6.07, 6.45) is 2.37. The maximum Gasteiger partial charge on any atom is 0.0459 e. The van der Waals surface area contributed by atoms with E-state index < -0.39 is 0 Å². The number of benzene rings is 2. The molecule has 2 nitrogen and oxygen atoms in total. The first-order chi connectivity index (χ1) is 9.66. The highest BCUT2D eigenvalue weighted by Gasteiger charge is 2.20. The van der Waals surface area contributed by atoms with E-state index in [-0.39, 0.29) is 6.04 Å². The van der Waals surface area contributed by atoms with Crippen LogP contribution in [-0.4, -0.2) is 6.54 Å². The first kappa shape index (κ1) is 13.2. The van der Waals surface area contributed by atoms with Gasteiger partial charge in [-0.15, -0.1) is 0 Å². The van der Waals surface area contributed by atoms with Gasteiger partial charge in [-0.2, -0.15) is 0 Å². The Morgan fingerprint density at radius 3 is 2.70 bits per heavy atom. The van der Waals surface area contributed by atoms with Crippen LogP contribution in [-0.2, 0) is 6.42 Å². The van der Waals surface area contributed by atoms with Crippen LogP contribution in [0, 0.1) is 6.92 Å². The Labute approximate surface area is 121 Å². The van der Waals surface area contributed by atoms with E-state index in [1.807, 2.05) is 0 Å². The van der Waals surface area contributed by atoms with Crippen LogP contribution in [0.4, 0.5) is 11.4 Å². The fourth-order valence-electron chi connectivity index (χ4n) is 3.09. The smallest absolute Gasteiger partial charge is 0.0459 e. The highest BCUT2D eigenvalue weighted by molar-refractivity contribution is 5.71. The fourth-order valence-corrected chi connectivity index (χ4v) is 3.09. The lowest BCUT2D eigenvalue weighted by Gasteiger charge is -2.33. The van der Waals surface area contributed by atoms with Crippen molar-refractivity contribution >= 4 is 11.4 Å². The van der Waals surface area contributed by atoms with E-state index in [2.05, 4.69) is 61.2 Å². The van der Waals surface area contributed by atoms with E-state index in [0.29, 0.717) is 0 Å². The van der Waals surface area contributed by atoms with Gasteiger partial charge in [-0.1, -0.05) is 35.9 Å². The van der Waals surface area contributed by atoms with Crippen molar-refractivity contribution < 1.29 is 0 Å². The molecule has 2 aromatic carbocycles. The normalized spacial score (nSPS) is 15.8. The Morgan fingerprint density at radius 1 is 1.10 bits per heavy atom. The SMILES string of the molecule is Cc1ccc2c(c1)CCCN2c1ccccc1[C@H](C)N. The number of hydrogen-bond acceptors (Lipinski definition) is 2. The minimum Gasteiger partial charge on any atom is -0.341 e. The van der Waals surface area contributed by atoms with E-state index in [1.165, 1.54) is 40.9 Å². The summed E-state index contributed by atoms with van der Waals surface area (Å²) in [5.74, 6) is 0. The van der Waals surface area contributed by atoms with Gasteiger partial charge in [0.25, 0.3) is 0 Å². The fraction of sp³-hybridized carbons (Fsp3) is 0.333. The molecule has 0 saturated carbocycles. The molecule has 2 aromatic rings. The third kappa shape index (κ3) is 2.32. The molecule has 1 aliphatic rings. The molecular formula is C18H22N2. The number of anilines is 2. The lowest BCUT2D eigenvalue weighted by Crippen LogP contribution is -2.26. The zero-order valence-corrected chi connectivity index (χ0v) is 12.3. The van der Waals surface area contributed by atoms with E-state index in [4.69, 9.17) is 5.73 Å². The van der Waals surface area contributed by atoms with Gasteiger partial charge in [-0.3, -0.25) is 0 Å². The molecule has 0 amide bonds. The maximum atomic E-state index is 6.14. The molecule has 0 aliphatic carbocycles. The monoisotopic (exact) mass is 266 g/mol. The van der Waals surface area contributed by atoms with Gasteiger partial charge >= 0.3 is 0 Å². The largest absolute Gasteiger partial charge is 0.341 e. The Kier molecular flexibility index (Phi) is 3.49. The maximum absolute atomic E-state index is 6.14. The van der Waals surface area contributed by atoms with Crippen LogP contribution in [0.3, 0.4) is 0 Å². The topological polar surface area (TPSA) is 29.3 Å². The molecule has 20 heavy (non-hydrogen) atoms. The second kappa shape index (κ2) is 5.29. The van der Waals surface area contributed by atoms with Crippen molar-refractivity contribution in [3.8, 4) is 0 Å². The van der Waals surface area contributed by atoms with Gasteiger partial charge in [0, 0.05) is 24.0 Å². The summed E-state index contributed by atoms with van der Waals surface area (Å²) in [6.45, 7) is 5.29. The molecule has 3 rings (SSSR count). The van der Waals surface area contributed by atoms with Crippen LogP contribution in [0.5, 0.6) is 0 Å². The Morgan fingerprint density at radius 2 is 1.90 bits per heavy atom. The minimum atomic E-state index is 0.0574. The molecule has 0 radical (unpaired) electrons. The van der Waals surface area contributed by atoms with Gasteiger partial charge in [0.05, 0.1) is 0 Å². The lowest BCUT2D eigenvalue weighted by atomic mass is 9.97. The van der Waals surface area contributed by atoms with Crippen LogP contribution in [0.15, 0.2) is 42.5 Å². The third-order valence-corrected chi connectivity index (χ3v) is 4.07. The number of aryl methyl sites for hydroxylation is 2. The Balaban J connectivity index is 2.09. The molecule has 0 bridgehead atoms. The van der Waals surface area contributed by atoms with Crippen LogP contribution in [0.25, 0.3) is 0 Å². The van der Waals surface area contributed by atoms with Crippen molar-refractivity contribution in [2.75, 3.05) is 11.4 Å². The van der Waals surface area contributed by atoms with Crippen LogP contribution in [0.2, 0.25) is 0 Å². The van der Waals surface area contributed by atoms with Crippen LogP contribution >= 0.6 is 0 Å². The van der Waals surface area contributed by atoms with Gasteiger partial charge in [-0.05, 0) is 49.9 Å². The zero-order valence-electron chi connectivity index (χ0n) is 12.3. The molecule has 2 heteroatoms. The standard InChI is InChI=1S/C18H22N2/c1-13-9-10-17-15(12-13)6-5-11-20(17)18-8-4-3-7-16(18)14(2)19/h3-4,7-10,12,14H,5-6,11,19H2,1-2H3/t14-/m0/s1. The Hall–Kier alpha value is -1.80.